The molecule has 0 aliphatic carbocycles. The van der Waals surface area contributed by atoms with Crippen LogP contribution in [0.3, 0.4) is 0 Å². The summed E-state index contributed by atoms with van der Waals surface area (Å²) in [6, 6.07) is 1.66. The molecule has 18 heavy (non-hydrogen) atoms. The van der Waals surface area contributed by atoms with Crippen LogP contribution < -0.4 is 5.32 Å². The summed E-state index contributed by atoms with van der Waals surface area (Å²) in [5.74, 6) is 1.19. The summed E-state index contributed by atoms with van der Waals surface area (Å²) >= 11 is 5.94. The van der Waals surface area contributed by atoms with Gasteiger partial charge in [0.15, 0.2) is 5.82 Å². The third-order valence-corrected chi connectivity index (χ3v) is 2.57. The van der Waals surface area contributed by atoms with Crippen LogP contribution in [0.2, 0.25) is 5.15 Å². The van der Waals surface area contributed by atoms with E-state index in [2.05, 4.69) is 15.3 Å². The Kier molecular flexibility index (Phi) is 5.78. The van der Waals surface area contributed by atoms with E-state index in [4.69, 9.17) is 21.4 Å². The van der Waals surface area contributed by atoms with Gasteiger partial charge in [-0.15, -0.1) is 0 Å². The molecule has 2 N–H and O–H groups in total. The van der Waals surface area contributed by atoms with E-state index in [-0.39, 0.29) is 12.1 Å². The van der Waals surface area contributed by atoms with E-state index in [1.807, 2.05) is 20.8 Å². The number of anilines is 1. The second-order valence-electron chi connectivity index (χ2n) is 4.61. The third kappa shape index (κ3) is 5.16. The van der Waals surface area contributed by atoms with Crippen LogP contribution in [0.25, 0.3) is 0 Å². The first kappa shape index (κ1) is 15.1. The smallest absolute Gasteiger partial charge is 0.158 e. The van der Waals surface area contributed by atoms with Crippen molar-refractivity contribution in [2.45, 2.75) is 39.3 Å². The lowest BCUT2D eigenvalue weighted by Gasteiger charge is -2.26. The van der Waals surface area contributed by atoms with Gasteiger partial charge in [-0.25, -0.2) is 9.97 Å². The maximum absolute atomic E-state index is 8.99. The van der Waals surface area contributed by atoms with Crippen LogP contribution in [0.4, 0.5) is 5.82 Å². The van der Waals surface area contributed by atoms with Gasteiger partial charge in [-0.1, -0.05) is 11.6 Å². The van der Waals surface area contributed by atoms with Crippen LogP contribution in [-0.2, 0) is 11.3 Å². The molecule has 6 heteroatoms. The molecule has 0 atom stereocenters. The first-order valence-corrected chi connectivity index (χ1v) is 6.35. The molecule has 1 aromatic heterocycles. The number of rotatable bonds is 7. The Morgan fingerprint density at radius 1 is 1.44 bits per heavy atom. The third-order valence-electron chi connectivity index (χ3n) is 2.38. The number of aliphatic hydroxyl groups excluding tert-OH is 1. The Bertz CT molecular complexity index is 386. The second-order valence-corrected chi connectivity index (χ2v) is 5.00. The largest absolute Gasteiger partial charge is 0.396 e. The Morgan fingerprint density at radius 3 is 2.78 bits per heavy atom. The van der Waals surface area contributed by atoms with E-state index < -0.39 is 0 Å². The summed E-state index contributed by atoms with van der Waals surface area (Å²) in [5.41, 5.74) is -0.255. The van der Waals surface area contributed by atoms with E-state index in [1.54, 1.807) is 6.07 Å². The van der Waals surface area contributed by atoms with Crippen LogP contribution in [0.1, 0.15) is 33.0 Å². The van der Waals surface area contributed by atoms with Crippen LogP contribution >= 0.6 is 11.6 Å². The predicted molar refractivity (Wildman–Crippen MR) is 71.8 cm³/mol. The van der Waals surface area contributed by atoms with Crippen LogP contribution in [0.15, 0.2) is 6.07 Å². The summed E-state index contributed by atoms with van der Waals surface area (Å²) in [6.07, 6.45) is 0.620. The maximum Gasteiger partial charge on any atom is 0.158 e. The zero-order chi connectivity index (χ0) is 13.6. The van der Waals surface area contributed by atoms with Gasteiger partial charge in [-0.2, -0.15) is 0 Å². The van der Waals surface area contributed by atoms with Gasteiger partial charge in [-0.05, 0) is 27.2 Å². The van der Waals surface area contributed by atoms with Crippen molar-refractivity contribution in [1.29, 1.82) is 0 Å². The van der Waals surface area contributed by atoms with Gasteiger partial charge in [0, 0.05) is 24.8 Å². The monoisotopic (exact) mass is 273 g/mol. The number of halogens is 1. The molecule has 0 saturated heterocycles. The number of aliphatic hydroxyl groups is 1. The van der Waals surface area contributed by atoms with E-state index in [1.165, 1.54) is 0 Å². The quantitative estimate of drug-likeness (QED) is 0.746. The standard InChI is InChI=1S/C12H20ClN3O2/c1-4-18-8-11-14-9(13)7-10(15-11)16-12(2,3)5-6-17/h7,17H,4-6,8H2,1-3H3,(H,14,15,16). The fraction of sp³-hybridized carbons (Fsp3) is 0.667. The van der Waals surface area contributed by atoms with E-state index >= 15 is 0 Å². The molecule has 5 nitrogen and oxygen atoms in total. The van der Waals surface area contributed by atoms with Crippen molar-refractivity contribution in [3.8, 4) is 0 Å². The molecule has 0 radical (unpaired) electrons. The van der Waals surface area contributed by atoms with Crippen molar-refractivity contribution in [3.63, 3.8) is 0 Å². The molecule has 0 aromatic carbocycles. The first-order valence-electron chi connectivity index (χ1n) is 5.97. The molecule has 0 unspecified atom stereocenters. The van der Waals surface area contributed by atoms with Crippen molar-refractivity contribution >= 4 is 17.4 Å². The average Bonchev–Trinajstić information content (AvgIpc) is 2.24. The lowest BCUT2D eigenvalue weighted by atomic mass is 10.0. The maximum atomic E-state index is 8.99. The lowest BCUT2D eigenvalue weighted by Crippen LogP contribution is -2.32. The van der Waals surface area contributed by atoms with Crippen LogP contribution in [-0.4, -0.2) is 33.8 Å². The van der Waals surface area contributed by atoms with Gasteiger partial charge in [0.25, 0.3) is 0 Å². The predicted octanol–water partition coefficient (Wildman–Crippen LogP) is 2.24. The highest BCUT2D eigenvalue weighted by Gasteiger charge is 2.17. The molecule has 1 aromatic rings. The first-order chi connectivity index (χ1) is 8.46. The minimum atomic E-state index is -0.255. The van der Waals surface area contributed by atoms with Crippen molar-refractivity contribution in [2.24, 2.45) is 0 Å². The minimum absolute atomic E-state index is 0.116. The highest BCUT2D eigenvalue weighted by molar-refractivity contribution is 6.29. The van der Waals surface area contributed by atoms with Gasteiger partial charge in [0.05, 0.1) is 0 Å². The summed E-state index contributed by atoms with van der Waals surface area (Å²) in [7, 11) is 0. The van der Waals surface area contributed by atoms with Crippen LogP contribution in [0, 0.1) is 0 Å². The van der Waals surface area contributed by atoms with E-state index in [0.717, 1.165) is 0 Å². The topological polar surface area (TPSA) is 67.3 Å². The molecule has 1 rings (SSSR count). The Balaban J connectivity index is 2.79. The molecule has 102 valence electrons. The Labute approximate surface area is 113 Å². The van der Waals surface area contributed by atoms with Gasteiger partial charge in [0.1, 0.15) is 17.6 Å². The zero-order valence-electron chi connectivity index (χ0n) is 11.0. The molecule has 0 spiro atoms. The summed E-state index contributed by atoms with van der Waals surface area (Å²) < 4.78 is 5.26. The van der Waals surface area contributed by atoms with Gasteiger partial charge >= 0.3 is 0 Å². The lowest BCUT2D eigenvalue weighted by molar-refractivity contribution is 0.128. The zero-order valence-corrected chi connectivity index (χ0v) is 11.8. The van der Waals surface area contributed by atoms with Crippen molar-refractivity contribution in [3.05, 3.63) is 17.0 Å². The number of nitrogens with one attached hydrogen (secondary N) is 1. The Hall–Kier alpha value is -0.910. The fourth-order valence-corrected chi connectivity index (χ4v) is 1.68. The van der Waals surface area contributed by atoms with Gasteiger partial charge in [0.2, 0.25) is 0 Å². The average molecular weight is 274 g/mol. The number of nitrogens with zero attached hydrogens (tertiary/aromatic N) is 2. The Morgan fingerprint density at radius 2 is 2.17 bits per heavy atom. The molecule has 1 heterocycles. The van der Waals surface area contributed by atoms with Gasteiger partial charge in [-0.3, -0.25) is 0 Å². The highest BCUT2D eigenvalue weighted by Crippen LogP contribution is 2.19. The SMILES string of the molecule is CCOCc1nc(Cl)cc(NC(C)(C)CCO)n1. The number of aromatic nitrogens is 2. The highest BCUT2D eigenvalue weighted by atomic mass is 35.5. The molecule has 0 saturated carbocycles. The second kappa shape index (κ2) is 6.87. The fourth-order valence-electron chi connectivity index (χ4n) is 1.48. The van der Waals surface area contributed by atoms with E-state index in [9.17, 15) is 0 Å². The molecule has 0 fully saturated rings. The number of hydrogen-bond donors (Lipinski definition) is 2. The van der Waals surface area contributed by atoms with Gasteiger partial charge < -0.3 is 15.2 Å². The normalized spacial score (nSPS) is 11.6. The molecule has 0 aliphatic rings. The van der Waals surface area contributed by atoms with Crippen molar-refractivity contribution in [1.82, 2.24) is 9.97 Å². The molecular weight excluding hydrogens is 254 g/mol. The van der Waals surface area contributed by atoms with Crippen LogP contribution in [0.5, 0.6) is 0 Å². The summed E-state index contributed by atoms with van der Waals surface area (Å²) in [5, 5.41) is 12.6. The van der Waals surface area contributed by atoms with Crippen molar-refractivity contribution in [2.75, 3.05) is 18.5 Å². The molecule has 0 amide bonds. The summed E-state index contributed by atoms with van der Waals surface area (Å²) in [4.78, 5) is 8.41. The molecular formula is C12H20ClN3O2. The molecule has 0 aliphatic heterocycles. The van der Waals surface area contributed by atoms with E-state index in [0.29, 0.717) is 36.4 Å². The molecule has 0 bridgehead atoms. The number of ether oxygens (including phenoxy) is 1. The minimum Gasteiger partial charge on any atom is -0.396 e. The number of hydrogen-bond acceptors (Lipinski definition) is 5. The summed E-state index contributed by atoms with van der Waals surface area (Å²) in [6.45, 7) is 6.95. The van der Waals surface area contributed by atoms with Crippen molar-refractivity contribution < 1.29 is 9.84 Å².